The van der Waals surface area contributed by atoms with E-state index in [9.17, 15) is 4.79 Å². The molecule has 1 aliphatic heterocycles. The predicted octanol–water partition coefficient (Wildman–Crippen LogP) is 4.06. The molecule has 1 heterocycles. The number of rotatable bonds is 3. The Morgan fingerprint density at radius 2 is 1.81 bits per heavy atom. The maximum absolute atomic E-state index is 12.5. The number of allylic oxidation sites excluding steroid dienone is 1. The molecule has 0 unspecified atom stereocenters. The minimum Gasteiger partial charge on any atom is -0.496 e. The quantitative estimate of drug-likeness (QED) is 0.657. The molecule has 2 aromatic carbocycles. The number of ether oxygens (including phenoxy) is 1. The first kappa shape index (κ1) is 18.1. The maximum atomic E-state index is 12.5. The highest BCUT2D eigenvalue weighted by Gasteiger charge is 2.38. The topological polar surface area (TPSA) is 41.6 Å². The molecule has 0 saturated carbocycles. The molecule has 1 N–H and O–H groups in total. The Balaban J connectivity index is 1.85. The number of likely N-dealkylation sites (N-methyl/N-ethyl adjacent to an activating group) is 1. The van der Waals surface area contributed by atoms with Gasteiger partial charge in [-0.1, -0.05) is 56.4 Å². The third kappa shape index (κ3) is 3.10. The molecule has 0 radical (unpaired) electrons. The van der Waals surface area contributed by atoms with E-state index in [0.29, 0.717) is 16.3 Å². The monoisotopic (exact) mass is 366 g/mol. The zero-order valence-corrected chi connectivity index (χ0v) is 16.2. The Hall–Kier alpha value is -2.66. The van der Waals surface area contributed by atoms with Crippen molar-refractivity contribution in [2.24, 2.45) is 0 Å². The molecule has 1 amide bonds. The molecule has 0 saturated heterocycles. The average molecular weight is 366 g/mol. The van der Waals surface area contributed by atoms with Crippen LogP contribution in [0.5, 0.6) is 5.75 Å². The fourth-order valence-corrected chi connectivity index (χ4v) is 3.63. The highest BCUT2D eigenvalue weighted by atomic mass is 32.1. The molecule has 0 spiro atoms. The highest BCUT2D eigenvalue weighted by Crippen LogP contribution is 2.46. The van der Waals surface area contributed by atoms with Crippen LogP contribution in [0.3, 0.4) is 0 Å². The molecule has 0 bridgehead atoms. The number of amides is 1. The van der Waals surface area contributed by atoms with Crippen molar-refractivity contribution in [3.63, 3.8) is 0 Å². The molecule has 2 aromatic rings. The van der Waals surface area contributed by atoms with Crippen molar-refractivity contribution in [1.29, 1.82) is 0 Å². The third-order valence-electron chi connectivity index (χ3n) is 4.80. The normalized spacial score (nSPS) is 16.3. The lowest BCUT2D eigenvalue weighted by Crippen LogP contribution is -2.31. The van der Waals surface area contributed by atoms with Crippen LogP contribution in [0.15, 0.2) is 60.3 Å². The van der Waals surface area contributed by atoms with Crippen molar-refractivity contribution in [2.45, 2.75) is 19.3 Å². The van der Waals surface area contributed by atoms with Gasteiger partial charge in [0, 0.05) is 23.8 Å². The van der Waals surface area contributed by atoms with Crippen LogP contribution in [0, 0.1) is 0 Å². The van der Waals surface area contributed by atoms with Crippen LogP contribution in [0.25, 0.3) is 0 Å². The molecule has 134 valence electrons. The Kier molecular flexibility index (Phi) is 4.83. The second-order valence-electron chi connectivity index (χ2n) is 6.75. The molecule has 3 rings (SSSR count). The van der Waals surface area contributed by atoms with Gasteiger partial charge in [-0.05, 0) is 29.8 Å². The number of benzene rings is 2. The van der Waals surface area contributed by atoms with Crippen molar-refractivity contribution >= 4 is 28.8 Å². The first-order valence-electron chi connectivity index (χ1n) is 8.40. The van der Waals surface area contributed by atoms with Gasteiger partial charge in [0.2, 0.25) is 0 Å². The lowest BCUT2D eigenvalue weighted by molar-refractivity contribution is 0.0975. The summed E-state index contributed by atoms with van der Waals surface area (Å²) in [5.41, 5.74) is 3.71. The van der Waals surface area contributed by atoms with Gasteiger partial charge in [-0.3, -0.25) is 4.79 Å². The lowest BCUT2D eigenvalue weighted by atomic mass is 9.84. The second kappa shape index (κ2) is 6.92. The van der Waals surface area contributed by atoms with Gasteiger partial charge in [0.05, 0.1) is 12.7 Å². The zero-order chi connectivity index (χ0) is 18.9. The molecule has 0 fully saturated rings. The summed E-state index contributed by atoms with van der Waals surface area (Å²) in [4.78, 5) is 15.0. The maximum Gasteiger partial charge on any atom is 0.260 e. The number of para-hydroxylation sites is 2. The van der Waals surface area contributed by atoms with E-state index in [1.54, 1.807) is 25.3 Å². The number of anilines is 1. The van der Waals surface area contributed by atoms with Gasteiger partial charge in [0.15, 0.2) is 0 Å². The van der Waals surface area contributed by atoms with E-state index in [1.165, 1.54) is 5.56 Å². The summed E-state index contributed by atoms with van der Waals surface area (Å²) >= 11 is 5.44. The van der Waals surface area contributed by atoms with Crippen LogP contribution in [0.1, 0.15) is 29.8 Å². The third-order valence-corrected chi connectivity index (χ3v) is 5.02. The summed E-state index contributed by atoms with van der Waals surface area (Å²) in [7, 11) is 3.56. The van der Waals surface area contributed by atoms with E-state index in [1.807, 2.05) is 31.3 Å². The fourth-order valence-electron chi connectivity index (χ4n) is 3.43. The Morgan fingerprint density at radius 1 is 1.15 bits per heavy atom. The van der Waals surface area contributed by atoms with Gasteiger partial charge in [-0.2, -0.15) is 0 Å². The number of thiocarbonyl (C=S) groups is 1. The van der Waals surface area contributed by atoms with Gasteiger partial charge in [0.25, 0.3) is 5.91 Å². The summed E-state index contributed by atoms with van der Waals surface area (Å²) < 4.78 is 5.25. The van der Waals surface area contributed by atoms with Crippen molar-refractivity contribution in [3.05, 3.63) is 71.4 Å². The number of hydrogen-bond donors (Lipinski definition) is 1. The van der Waals surface area contributed by atoms with E-state index in [-0.39, 0.29) is 11.3 Å². The van der Waals surface area contributed by atoms with Crippen LogP contribution >= 0.6 is 12.2 Å². The Morgan fingerprint density at radius 3 is 2.50 bits per heavy atom. The average Bonchev–Trinajstić information content (AvgIpc) is 2.83. The minimum atomic E-state index is -0.278. The van der Waals surface area contributed by atoms with Crippen LogP contribution in [0.4, 0.5) is 5.69 Å². The van der Waals surface area contributed by atoms with Crippen molar-refractivity contribution in [1.82, 2.24) is 5.32 Å². The number of hydrogen-bond acceptors (Lipinski definition) is 4. The molecular formula is C21H22N2O2S. The molecule has 0 aromatic heterocycles. The van der Waals surface area contributed by atoms with E-state index in [2.05, 4.69) is 36.2 Å². The summed E-state index contributed by atoms with van der Waals surface area (Å²) in [6.45, 7) is 4.32. The van der Waals surface area contributed by atoms with E-state index >= 15 is 0 Å². The summed E-state index contributed by atoms with van der Waals surface area (Å²) in [5.74, 6) is 0.242. The predicted molar refractivity (Wildman–Crippen MR) is 109 cm³/mol. The SMILES string of the molecule is COc1ccccc1C(=O)NC(=S)C=C1N(C)c2ccccc2C1(C)C. The number of nitrogens with one attached hydrogen (secondary N) is 1. The van der Waals surface area contributed by atoms with Crippen LogP contribution in [-0.4, -0.2) is 25.1 Å². The van der Waals surface area contributed by atoms with Gasteiger partial charge in [-0.15, -0.1) is 0 Å². The molecule has 26 heavy (non-hydrogen) atoms. The number of fused-ring (bicyclic) bond motifs is 1. The van der Waals surface area contributed by atoms with Crippen LogP contribution in [-0.2, 0) is 5.41 Å². The van der Waals surface area contributed by atoms with E-state index in [0.717, 1.165) is 11.4 Å². The molecule has 4 nitrogen and oxygen atoms in total. The molecule has 0 aliphatic carbocycles. The lowest BCUT2D eigenvalue weighted by Gasteiger charge is -2.24. The molecule has 5 heteroatoms. The standard InChI is InChI=1S/C21H22N2O2S/c1-21(2)15-10-6-7-11-16(15)23(3)18(21)13-19(26)22-20(24)14-9-5-8-12-17(14)25-4/h5-13H,1-4H3,(H,22,24,26). The van der Waals surface area contributed by atoms with Crippen molar-refractivity contribution in [3.8, 4) is 5.75 Å². The summed E-state index contributed by atoms with van der Waals surface area (Å²) in [6, 6.07) is 15.4. The molecule has 0 atom stereocenters. The van der Waals surface area contributed by atoms with Gasteiger partial charge in [-0.25, -0.2) is 0 Å². The number of methoxy groups -OCH3 is 1. The van der Waals surface area contributed by atoms with E-state index < -0.39 is 0 Å². The smallest absolute Gasteiger partial charge is 0.260 e. The van der Waals surface area contributed by atoms with Crippen LogP contribution < -0.4 is 15.0 Å². The van der Waals surface area contributed by atoms with Crippen molar-refractivity contribution in [2.75, 3.05) is 19.1 Å². The number of carbonyl (C=O) groups is 1. The molecular weight excluding hydrogens is 344 g/mol. The summed E-state index contributed by atoms with van der Waals surface area (Å²) in [6.07, 6.45) is 1.86. The first-order valence-corrected chi connectivity index (χ1v) is 8.81. The van der Waals surface area contributed by atoms with Gasteiger partial charge in [0.1, 0.15) is 10.7 Å². The van der Waals surface area contributed by atoms with Gasteiger partial charge >= 0.3 is 0 Å². The van der Waals surface area contributed by atoms with E-state index in [4.69, 9.17) is 17.0 Å². The van der Waals surface area contributed by atoms with Crippen molar-refractivity contribution < 1.29 is 9.53 Å². The fraction of sp³-hybridized carbons (Fsp3) is 0.238. The second-order valence-corrected chi connectivity index (χ2v) is 7.19. The Bertz CT molecular complexity index is 902. The largest absolute Gasteiger partial charge is 0.496 e. The minimum absolute atomic E-state index is 0.190. The first-order chi connectivity index (χ1) is 12.4. The Labute approximate surface area is 159 Å². The van der Waals surface area contributed by atoms with Crippen LogP contribution in [0.2, 0.25) is 0 Å². The zero-order valence-electron chi connectivity index (χ0n) is 15.4. The summed E-state index contributed by atoms with van der Waals surface area (Å²) in [5, 5.41) is 2.79. The molecule has 1 aliphatic rings. The highest BCUT2D eigenvalue weighted by molar-refractivity contribution is 7.80. The number of carbonyl (C=O) groups excluding carboxylic acids is 1. The van der Waals surface area contributed by atoms with Gasteiger partial charge < -0.3 is 15.0 Å². The number of nitrogens with zero attached hydrogens (tertiary/aromatic N) is 1.